The lowest BCUT2D eigenvalue weighted by Gasteiger charge is -2.36. The first kappa shape index (κ1) is 13.9. The zero-order valence-electron chi connectivity index (χ0n) is 10.2. The summed E-state index contributed by atoms with van der Waals surface area (Å²) in [5.41, 5.74) is -0.124. The highest BCUT2D eigenvalue weighted by atomic mass is 16.5. The monoisotopic (exact) mass is 203 g/mol. The van der Waals surface area contributed by atoms with E-state index < -0.39 is 0 Å². The maximum atomic E-state index is 5.80. The van der Waals surface area contributed by atoms with Gasteiger partial charge < -0.3 is 14.8 Å². The van der Waals surface area contributed by atoms with Gasteiger partial charge in [0.15, 0.2) is 0 Å². The van der Waals surface area contributed by atoms with Crippen molar-refractivity contribution >= 4 is 0 Å². The third-order valence-electron chi connectivity index (χ3n) is 2.70. The first-order valence-electron chi connectivity index (χ1n) is 5.50. The van der Waals surface area contributed by atoms with Gasteiger partial charge in [0, 0.05) is 13.7 Å². The van der Waals surface area contributed by atoms with E-state index in [4.69, 9.17) is 9.47 Å². The van der Waals surface area contributed by atoms with Crippen molar-refractivity contribution in [2.24, 2.45) is 0 Å². The lowest BCUT2D eigenvalue weighted by molar-refractivity contribution is -0.0702. The molecule has 0 aromatic rings. The Labute approximate surface area is 88.2 Å². The number of hydrogen-bond acceptors (Lipinski definition) is 3. The predicted molar refractivity (Wildman–Crippen MR) is 59.7 cm³/mol. The molecule has 0 heterocycles. The number of methoxy groups -OCH3 is 1. The maximum absolute atomic E-state index is 5.80. The molecule has 0 spiro atoms. The van der Waals surface area contributed by atoms with Crippen molar-refractivity contribution in [2.45, 2.75) is 45.8 Å². The van der Waals surface area contributed by atoms with Gasteiger partial charge in [-0.3, -0.25) is 0 Å². The summed E-state index contributed by atoms with van der Waals surface area (Å²) < 4.78 is 11.0. The molecule has 0 aliphatic carbocycles. The Hall–Kier alpha value is -0.120. The van der Waals surface area contributed by atoms with E-state index in [1.165, 1.54) is 0 Å². The number of ether oxygens (including phenoxy) is 2. The Morgan fingerprint density at radius 1 is 1.29 bits per heavy atom. The average Bonchev–Trinajstić information content (AvgIpc) is 2.18. The smallest absolute Gasteiger partial charge is 0.0826 e. The highest BCUT2D eigenvalue weighted by molar-refractivity contribution is 4.88. The quantitative estimate of drug-likeness (QED) is 0.652. The Kier molecular flexibility index (Phi) is 7.15. The van der Waals surface area contributed by atoms with Gasteiger partial charge in [-0.25, -0.2) is 0 Å². The molecule has 2 unspecified atom stereocenters. The zero-order chi connectivity index (χ0) is 11.0. The fourth-order valence-corrected chi connectivity index (χ4v) is 1.64. The third-order valence-corrected chi connectivity index (χ3v) is 2.70. The second-order valence-electron chi connectivity index (χ2n) is 3.66. The highest BCUT2D eigenvalue weighted by Gasteiger charge is 2.32. The van der Waals surface area contributed by atoms with E-state index in [-0.39, 0.29) is 11.6 Å². The largest absolute Gasteiger partial charge is 0.383 e. The Bertz CT molecular complexity index is 135. The van der Waals surface area contributed by atoms with Gasteiger partial charge in [-0.1, -0.05) is 13.8 Å². The van der Waals surface area contributed by atoms with Crippen LogP contribution in [0.25, 0.3) is 0 Å². The number of rotatable bonds is 8. The molecule has 0 aliphatic rings. The average molecular weight is 203 g/mol. The molecule has 0 radical (unpaired) electrons. The van der Waals surface area contributed by atoms with Gasteiger partial charge in [-0.15, -0.1) is 0 Å². The van der Waals surface area contributed by atoms with Crippen LogP contribution in [0.4, 0.5) is 0 Å². The first-order chi connectivity index (χ1) is 6.64. The fourth-order valence-electron chi connectivity index (χ4n) is 1.64. The lowest BCUT2D eigenvalue weighted by atomic mass is 9.93. The van der Waals surface area contributed by atoms with E-state index in [1.54, 1.807) is 7.11 Å². The van der Waals surface area contributed by atoms with Gasteiger partial charge in [-0.05, 0) is 26.8 Å². The molecular weight excluding hydrogens is 178 g/mol. The minimum Gasteiger partial charge on any atom is -0.383 e. The van der Waals surface area contributed by atoms with Crippen LogP contribution in [0.1, 0.15) is 34.1 Å². The van der Waals surface area contributed by atoms with E-state index >= 15 is 0 Å². The van der Waals surface area contributed by atoms with Crippen LogP contribution in [0.3, 0.4) is 0 Å². The van der Waals surface area contributed by atoms with Crippen molar-refractivity contribution < 1.29 is 9.47 Å². The summed E-state index contributed by atoms with van der Waals surface area (Å²) in [7, 11) is 1.73. The normalized spacial score (nSPS) is 17.8. The van der Waals surface area contributed by atoms with Crippen molar-refractivity contribution in [1.29, 1.82) is 0 Å². The van der Waals surface area contributed by atoms with Crippen LogP contribution in [0, 0.1) is 0 Å². The first-order valence-corrected chi connectivity index (χ1v) is 5.50. The lowest BCUT2D eigenvalue weighted by Crippen LogP contribution is -2.52. The van der Waals surface area contributed by atoms with Crippen LogP contribution >= 0.6 is 0 Å². The van der Waals surface area contributed by atoms with E-state index in [0.717, 1.165) is 19.6 Å². The predicted octanol–water partition coefficient (Wildman–Crippen LogP) is 1.82. The molecule has 3 heteroatoms. The van der Waals surface area contributed by atoms with Gasteiger partial charge in [0.2, 0.25) is 0 Å². The van der Waals surface area contributed by atoms with E-state index in [1.807, 2.05) is 6.92 Å². The molecule has 0 bridgehead atoms. The highest BCUT2D eigenvalue weighted by Crippen LogP contribution is 2.20. The van der Waals surface area contributed by atoms with Crippen LogP contribution in [0.2, 0.25) is 0 Å². The van der Waals surface area contributed by atoms with Crippen molar-refractivity contribution in [3.05, 3.63) is 0 Å². The van der Waals surface area contributed by atoms with Crippen molar-refractivity contribution in [1.82, 2.24) is 5.32 Å². The van der Waals surface area contributed by atoms with Gasteiger partial charge in [0.25, 0.3) is 0 Å². The molecule has 0 saturated heterocycles. The summed E-state index contributed by atoms with van der Waals surface area (Å²) in [5, 5.41) is 3.41. The van der Waals surface area contributed by atoms with Crippen LogP contribution < -0.4 is 5.32 Å². The molecule has 0 aromatic heterocycles. The number of likely N-dealkylation sites (N-methyl/N-ethyl adjacent to an activating group) is 1. The van der Waals surface area contributed by atoms with Crippen molar-refractivity contribution in [2.75, 3.05) is 26.9 Å². The Balaban J connectivity index is 4.37. The van der Waals surface area contributed by atoms with Gasteiger partial charge in [0.05, 0.1) is 18.2 Å². The minimum absolute atomic E-state index is 0.124. The Morgan fingerprint density at radius 2 is 1.93 bits per heavy atom. The van der Waals surface area contributed by atoms with Gasteiger partial charge in [-0.2, -0.15) is 0 Å². The molecular formula is C11H25NO2. The summed E-state index contributed by atoms with van der Waals surface area (Å²) in [5.74, 6) is 0. The molecule has 0 rings (SSSR count). The van der Waals surface area contributed by atoms with Crippen molar-refractivity contribution in [3.8, 4) is 0 Å². The molecule has 0 aromatic carbocycles. The summed E-state index contributed by atoms with van der Waals surface area (Å²) in [4.78, 5) is 0. The second-order valence-corrected chi connectivity index (χ2v) is 3.66. The van der Waals surface area contributed by atoms with Crippen LogP contribution in [-0.2, 0) is 9.47 Å². The molecule has 0 aliphatic heterocycles. The Morgan fingerprint density at radius 3 is 2.29 bits per heavy atom. The van der Waals surface area contributed by atoms with Gasteiger partial charge in [0.1, 0.15) is 0 Å². The molecule has 0 fully saturated rings. The van der Waals surface area contributed by atoms with Crippen LogP contribution in [-0.4, -0.2) is 38.5 Å². The van der Waals surface area contributed by atoms with E-state index in [2.05, 4.69) is 26.1 Å². The maximum Gasteiger partial charge on any atom is 0.0826 e. The SMILES string of the molecule is CCNC(COC)C(C)(CC)OCC. The van der Waals surface area contributed by atoms with E-state index in [0.29, 0.717) is 6.61 Å². The fraction of sp³-hybridized carbons (Fsp3) is 1.00. The molecule has 3 nitrogen and oxygen atoms in total. The van der Waals surface area contributed by atoms with E-state index in [9.17, 15) is 0 Å². The molecule has 1 N–H and O–H groups in total. The van der Waals surface area contributed by atoms with Crippen molar-refractivity contribution in [3.63, 3.8) is 0 Å². The third kappa shape index (κ3) is 3.95. The minimum atomic E-state index is -0.124. The van der Waals surface area contributed by atoms with Crippen LogP contribution in [0.15, 0.2) is 0 Å². The number of hydrogen-bond donors (Lipinski definition) is 1. The summed E-state index contributed by atoms with van der Waals surface area (Å²) >= 11 is 0. The summed E-state index contributed by atoms with van der Waals surface area (Å²) in [6.45, 7) is 10.8. The second kappa shape index (κ2) is 7.21. The summed E-state index contributed by atoms with van der Waals surface area (Å²) in [6.07, 6.45) is 0.988. The molecule has 14 heavy (non-hydrogen) atoms. The standard InChI is InChI=1S/C11H25NO2/c1-6-11(4,14-8-3)10(9-13-5)12-7-2/h10,12H,6-9H2,1-5H3. The zero-order valence-corrected chi connectivity index (χ0v) is 10.2. The molecule has 0 saturated carbocycles. The summed E-state index contributed by atoms with van der Waals surface area (Å²) in [6, 6.07) is 0.266. The molecule has 0 amide bonds. The molecule has 86 valence electrons. The van der Waals surface area contributed by atoms with Gasteiger partial charge >= 0.3 is 0 Å². The van der Waals surface area contributed by atoms with Crippen LogP contribution in [0.5, 0.6) is 0 Å². The molecule has 2 atom stereocenters. The topological polar surface area (TPSA) is 30.5 Å². The number of nitrogens with one attached hydrogen (secondary N) is 1.